The largest absolute Gasteiger partial charge is 1.00 e. The summed E-state index contributed by atoms with van der Waals surface area (Å²) in [4.78, 5) is 15.6. The molecule has 4 unspecified atom stereocenters. The van der Waals surface area contributed by atoms with Gasteiger partial charge in [-0.3, -0.25) is 4.98 Å². The average Bonchev–Trinajstić information content (AvgIpc) is 3.20. The molecule has 7 nitrogen and oxygen atoms in total. The van der Waals surface area contributed by atoms with Crippen LogP contribution >= 0.6 is 0 Å². The number of nitrogens with zero attached hydrogens (tertiary/aromatic N) is 6. The van der Waals surface area contributed by atoms with E-state index in [0.29, 0.717) is 5.92 Å². The molecule has 4 atom stereocenters. The molecule has 1 N–H and O–H groups in total. The number of likely N-dealkylation sites (N-methyl/N-ethyl adjacent to an activating group) is 1. The molecule has 0 bridgehead atoms. The number of halogens is 1. The summed E-state index contributed by atoms with van der Waals surface area (Å²) in [7, 11) is 2.08. The van der Waals surface area contributed by atoms with Gasteiger partial charge in [-0.25, -0.2) is 4.57 Å². The molecule has 162 valence electrons. The van der Waals surface area contributed by atoms with Crippen molar-refractivity contribution >= 4 is 12.0 Å². The fraction of sp³-hybridized carbons (Fsp3) is 0.292. The van der Waals surface area contributed by atoms with Crippen molar-refractivity contribution in [1.82, 2.24) is 19.9 Å². The zero-order chi connectivity index (χ0) is 20.9. The quantitative estimate of drug-likeness (QED) is 0.222. The van der Waals surface area contributed by atoms with Crippen molar-refractivity contribution < 1.29 is 33.6 Å². The number of quaternary nitrogens is 1. The summed E-state index contributed by atoms with van der Waals surface area (Å²) in [6.45, 7) is 4.57. The summed E-state index contributed by atoms with van der Waals surface area (Å²) in [6.07, 6.45) is 12.2. The second kappa shape index (κ2) is 8.32. The Labute approximate surface area is 204 Å². The van der Waals surface area contributed by atoms with Crippen LogP contribution in [0.15, 0.2) is 72.6 Å². The molecule has 0 aliphatic carbocycles. The Kier molecular flexibility index (Phi) is 5.50. The topological polar surface area (TPSA) is 62.6 Å². The van der Waals surface area contributed by atoms with Gasteiger partial charge in [0.25, 0.3) is 12.2 Å². The highest BCUT2D eigenvalue weighted by Crippen LogP contribution is 2.43. The molecule has 2 aromatic heterocycles. The molecule has 0 amide bonds. The molecular formula is C24H25IN7+. The number of hydrogen-bond donors (Lipinski definition) is 1. The van der Waals surface area contributed by atoms with Gasteiger partial charge >= 0.3 is 0 Å². The van der Waals surface area contributed by atoms with Crippen LogP contribution < -0.4 is 33.6 Å². The average molecular weight is 538 g/mol. The normalized spacial score (nSPS) is 25.5. The maximum atomic E-state index is 4.78. The van der Waals surface area contributed by atoms with Crippen molar-refractivity contribution in [3.8, 4) is 11.4 Å². The first-order chi connectivity index (χ1) is 15.2. The van der Waals surface area contributed by atoms with Gasteiger partial charge in [0.05, 0.1) is 17.8 Å². The van der Waals surface area contributed by atoms with Crippen LogP contribution in [0.25, 0.3) is 11.4 Å². The van der Waals surface area contributed by atoms with Gasteiger partial charge in [0.2, 0.25) is 12.5 Å². The SMILES string of the molecule is C=C1CC2c3ccccc3-c3ncnc[n+]3C2CCc2ccncc2[NH+]2N=CN(C)C12.[I-]. The van der Waals surface area contributed by atoms with E-state index in [9.17, 15) is 0 Å². The number of rotatable bonds is 0. The summed E-state index contributed by atoms with van der Waals surface area (Å²) in [5.74, 6) is 1.31. The van der Waals surface area contributed by atoms with Crippen molar-refractivity contribution in [3.05, 3.63) is 78.7 Å². The molecule has 32 heavy (non-hydrogen) atoms. The third-order valence-electron chi connectivity index (χ3n) is 6.92. The summed E-state index contributed by atoms with van der Waals surface area (Å²) >= 11 is 0. The minimum atomic E-state index is 0. The Bertz CT molecular complexity index is 1210. The van der Waals surface area contributed by atoms with Gasteiger partial charge in [-0.2, -0.15) is 5.01 Å². The van der Waals surface area contributed by atoms with Crippen molar-refractivity contribution in [2.75, 3.05) is 7.05 Å². The van der Waals surface area contributed by atoms with Crippen LogP contribution in [0.3, 0.4) is 0 Å². The molecular weight excluding hydrogens is 513 g/mol. The van der Waals surface area contributed by atoms with E-state index in [2.05, 4.69) is 68.4 Å². The van der Waals surface area contributed by atoms with Gasteiger partial charge in [-0.15, -0.1) is 0 Å². The molecule has 0 radical (unpaired) electrons. The highest BCUT2D eigenvalue weighted by atomic mass is 127. The fourth-order valence-corrected chi connectivity index (χ4v) is 5.52. The molecule has 0 fully saturated rings. The zero-order valence-electron chi connectivity index (χ0n) is 17.9. The van der Waals surface area contributed by atoms with Gasteiger partial charge in [0.15, 0.2) is 12.0 Å². The standard InChI is InChI=1S/C24H24N7.HI/c1-16-11-20-18-5-3-4-6-19(18)23-27-13-26-14-30(23)21(20)8-7-17-9-10-25-12-22(17)31-24(16)29(2)15-28-31;/h3-6,9-10,12-15,20-21,24H,1,7-8,11H2,2H3;1H/q+1;. The lowest BCUT2D eigenvalue weighted by molar-refractivity contribution is -0.864. The molecule has 3 aliphatic rings. The van der Waals surface area contributed by atoms with E-state index < -0.39 is 0 Å². The van der Waals surface area contributed by atoms with Crippen LogP contribution in [0.5, 0.6) is 0 Å². The van der Waals surface area contributed by atoms with E-state index in [1.807, 2.05) is 25.1 Å². The highest BCUT2D eigenvalue weighted by Gasteiger charge is 2.43. The third-order valence-corrected chi connectivity index (χ3v) is 6.92. The Morgan fingerprint density at radius 2 is 2.06 bits per heavy atom. The fourth-order valence-electron chi connectivity index (χ4n) is 5.52. The monoisotopic (exact) mass is 538 g/mol. The van der Waals surface area contributed by atoms with E-state index >= 15 is 0 Å². The van der Waals surface area contributed by atoms with Crippen molar-refractivity contribution in [3.63, 3.8) is 0 Å². The van der Waals surface area contributed by atoms with Crippen LogP contribution in [0.1, 0.15) is 35.9 Å². The number of benzene rings is 1. The van der Waals surface area contributed by atoms with Gasteiger partial charge in [0.1, 0.15) is 0 Å². The molecule has 3 aliphatic heterocycles. The molecule has 3 aromatic rings. The smallest absolute Gasteiger partial charge is 0.273 e. The minimum Gasteiger partial charge on any atom is -1.00 e. The first kappa shape index (κ1) is 21.1. The first-order valence-corrected chi connectivity index (χ1v) is 10.8. The summed E-state index contributed by atoms with van der Waals surface area (Å²) < 4.78 is 2.28. The van der Waals surface area contributed by atoms with E-state index in [0.717, 1.165) is 35.8 Å². The van der Waals surface area contributed by atoms with E-state index in [-0.39, 0.29) is 36.2 Å². The number of hydrogen-bond acceptors (Lipinski definition) is 5. The second-order valence-corrected chi connectivity index (χ2v) is 8.63. The van der Waals surface area contributed by atoms with Crippen molar-refractivity contribution in [2.45, 2.75) is 37.4 Å². The van der Waals surface area contributed by atoms with Gasteiger partial charge in [-0.05, 0) is 37.0 Å². The Hall–Kier alpha value is -2.72. The number of nitrogens with one attached hydrogen (secondary N) is 1. The van der Waals surface area contributed by atoms with Gasteiger partial charge in [0, 0.05) is 30.3 Å². The number of fused-ring (bicyclic) bond motifs is 9. The maximum Gasteiger partial charge on any atom is 0.273 e. The van der Waals surface area contributed by atoms with Gasteiger partial charge < -0.3 is 28.9 Å². The van der Waals surface area contributed by atoms with Crippen molar-refractivity contribution in [2.24, 2.45) is 5.10 Å². The van der Waals surface area contributed by atoms with Crippen LogP contribution in [0.4, 0.5) is 5.69 Å². The van der Waals surface area contributed by atoms with Crippen molar-refractivity contribution in [1.29, 1.82) is 0 Å². The van der Waals surface area contributed by atoms with E-state index in [1.165, 1.54) is 22.3 Å². The molecule has 8 heteroatoms. The predicted molar refractivity (Wildman–Crippen MR) is 116 cm³/mol. The van der Waals surface area contributed by atoms with Crippen LogP contribution in [0, 0.1) is 0 Å². The van der Waals surface area contributed by atoms with E-state index in [1.54, 1.807) is 6.33 Å². The molecule has 0 saturated carbocycles. The van der Waals surface area contributed by atoms with Crippen LogP contribution in [-0.4, -0.2) is 39.4 Å². The predicted octanol–water partition coefficient (Wildman–Crippen LogP) is -1.21. The lowest BCUT2D eigenvalue weighted by atomic mass is 9.77. The lowest BCUT2D eigenvalue weighted by Gasteiger charge is -2.35. The Morgan fingerprint density at radius 3 is 2.97 bits per heavy atom. The lowest BCUT2D eigenvalue weighted by Crippen LogP contribution is -3.07. The minimum absolute atomic E-state index is 0. The highest BCUT2D eigenvalue weighted by molar-refractivity contribution is 5.61. The summed E-state index contributed by atoms with van der Waals surface area (Å²) in [5.41, 5.74) is 6.15. The molecule has 5 heterocycles. The Morgan fingerprint density at radius 1 is 1.19 bits per heavy atom. The maximum absolute atomic E-state index is 4.78. The third kappa shape index (κ3) is 3.24. The molecule has 0 spiro atoms. The molecule has 0 saturated heterocycles. The van der Waals surface area contributed by atoms with Crippen LogP contribution in [-0.2, 0) is 6.42 Å². The zero-order valence-corrected chi connectivity index (χ0v) is 20.1. The van der Waals surface area contributed by atoms with Crippen LogP contribution in [0.2, 0.25) is 0 Å². The number of aromatic nitrogens is 4. The molecule has 6 rings (SSSR count). The molecule has 1 aromatic carbocycles. The summed E-state index contributed by atoms with van der Waals surface area (Å²) in [5, 5.41) is 5.84. The van der Waals surface area contributed by atoms with E-state index in [4.69, 9.17) is 5.10 Å². The van der Waals surface area contributed by atoms with Gasteiger partial charge in [-0.1, -0.05) is 39.8 Å². The first-order valence-electron chi connectivity index (χ1n) is 10.8. The summed E-state index contributed by atoms with van der Waals surface area (Å²) in [6, 6.07) is 11.1. The number of pyridine rings is 1. The Balaban J connectivity index is 0.00000216. The second-order valence-electron chi connectivity index (χ2n) is 8.63. The number of aryl methyl sites for hydroxylation is 1.